The number of likely N-dealkylation sites (tertiary alicyclic amines) is 1. The Kier molecular flexibility index (Phi) is 1.65. The van der Waals surface area contributed by atoms with E-state index in [1.807, 2.05) is 0 Å². The number of ether oxygens (including phenoxy) is 1. The minimum Gasteiger partial charge on any atom is -0.372 e. The van der Waals surface area contributed by atoms with E-state index in [1.54, 1.807) is 0 Å². The molecule has 0 spiro atoms. The Balaban J connectivity index is 2.02. The van der Waals surface area contributed by atoms with Crippen LogP contribution in [0.1, 0.15) is 34.1 Å². The van der Waals surface area contributed by atoms with Gasteiger partial charge in [-0.2, -0.15) is 0 Å². The zero-order valence-electron chi connectivity index (χ0n) is 9.86. The Morgan fingerprint density at radius 1 is 1.40 bits per heavy atom. The topological polar surface area (TPSA) is 29.5 Å². The van der Waals surface area contributed by atoms with Gasteiger partial charge in [-0.15, -0.1) is 0 Å². The van der Waals surface area contributed by atoms with Gasteiger partial charge in [-0.25, -0.2) is 0 Å². The van der Waals surface area contributed by atoms with E-state index in [0.717, 1.165) is 6.42 Å². The molecule has 3 aliphatic heterocycles. The minimum atomic E-state index is -0.0639. The van der Waals surface area contributed by atoms with Crippen molar-refractivity contribution in [3.63, 3.8) is 0 Å². The van der Waals surface area contributed by atoms with Gasteiger partial charge in [-0.3, -0.25) is 4.79 Å². The molecule has 0 aromatic heterocycles. The maximum absolute atomic E-state index is 12.3. The molecule has 3 nitrogen and oxygen atoms in total. The first-order valence-electron chi connectivity index (χ1n) is 5.90. The van der Waals surface area contributed by atoms with Crippen molar-refractivity contribution < 1.29 is 9.53 Å². The second-order valence-corrected chi connectivity index (χ2v) is 6.21. The molecule has 0 aromatic rings. The number of amides is 1. The van der Waals surface area contributed by atoms with Crippen molar-refractivity contribution in [2.45, 2.75) is 57.9 Å². The third kappa shape index (κ3) is 1.02. The van der Waals surface area contributed by atoms with Crippen LogP contribution in [0.25, 0.3) is 0 Å². The molecule has 3 aliphatic rings. The van der Waals surface area contributed by atoms with Crippen LogP contribution in [0.15, 0.2) is 0 Å². The number of carbonyl (C=O) groups is 1. The highest BCUT2D eigenvalue weighted by molar-refractivity contribution is 5.84. The molecule has 0 saturated carbocycles. The summed E-state index contributed by atoms with van der Waals surface area (Å²) in [7, 11) is 0. The van der Waals surface area contributed by atoms with Crippen molar-refractivity contribution in [2.75, 3.05) is 0 Å². The van der Waals surface area contributed by atoms with Crippen molar-refractivity contribution in [2.24, 2.45) is 11.8 Å². The molecule has 5 unspecified atom stereocenters. The molecule has 0 N–H and O–H groups in total. The van der Waals surface area contributed by atoms with Gasteiger partial charge in [0.25, 0.3) is 0 Å². The van der Waals surface area contributed by atoms with Gasteiger partial charge in [0.05, 0.1) is 24.2 Å². The van der Waals surface area contributed by atoms with Gasteiger partial charge in [0, 0.05) is 11.5 Å². The number of rotatable bonds is 0. The lowest BCUT2D eigenvalue weighted by Gasteiger charge is -2.38. The van der Waals surface area contributed by atoms with Crippen LogP contribution in [0, 0.1) is 11.8 Å². The Morgan fingerprint density at radius 3 is 2.60 bits per heavy atom. The second kappa shape index (κ2) is 2.57. The fourth-order valence-electron chi connectivity index (χ4n) is 3.64. The van der Waals surface area contributed by atoms with Crippen LogP contribution in [0.3, 0.4) is 0 Å². The highest BCUT2D eigenvalue weighted by Crippen LogP contribution is 2.52. The van der Waals surface area contributed by atoms with Crippen LogP contribution >= 0.6 is 0 Å². The van der Waals surface area contributed by atoms with Crippen molar-refractivity contribution in [1.82, 2.24) is 4.90 Å². The van der Waals surface area contributed by atoms with Gasteiger partial charge >= 0.3 is 0 Å². The lowest BCUT2D eigenvalue weighted by Crippen LogP contribution is -2.50. The van der Waals surface area contributed by atoms with Gasteiger partial charge in [-0.1, -0.05) is 6.92 Å². The summed E-state index contributed by atoms with van der Waals surface area (Å²) in [4.78, 5) is 14.3. The maximum Gasteiger partial charge on any atom is 0.229 e. The summed E-state index contributed by atoms with van der Waals surface area (Å²) in [6, 6.07) is 0.334. The van der Waals surface area contributed by atoms with Crippen molar-refractivity contribution in [3.05, 3.63) is 0 Å². The van der Waals surface area contributed by atoms with Crippen LogP contribution in [0.2, 0.25) is 0 Å². The van der Waals surface area contributed by atoms with Gasteiger partial charge in [-0.05, 0) is 27.2 Å². The first kappa shape index (κ1) is 9.64. The van der Waals surface area contributed by atoms with Crippen LogP contribution in [0.5, 0.6) is 0 Å². The van der Waals surface area contributed by atoms with Crippen LogP contribution < -0.4 is 0 Å². The molecule has 3 fully saturated rings. The summed E-state index contributed by atoms with van der Waals surface area (Å²) in [5.41, 5.74) is -0.0639. The van der Waals surface area contributed by atoms with E-state index < -0.39 is 0 Å². The summed E-state index contributed by atoms with van der Waals surface area (Å²) in [5.74, 6) is 0.997. The fourth-order valence-corrected chi connectivity index (χ4v) is 3.64. The third-order valence-electron chi connectivity index (χ3n) is 4.25. The van der Waals surface area contributed by atoms with Crippen molar-refractivity contribution in [1.29, 1.82) is 0 Å². The Labute approximate surface area is 90.8 Å². The number of carbonyl (C=O) groups excluding carboxylic acids is 1. The first-order chi connectivity index (χ1) is 6.91. The van der Waals surface area contributed by atoms with Crippen molar-refractivity contribution in [3.8, 4) is 0 Å². The van der Waals surface area contributed by atoms with Crippen LogP contribution in [-0.4, -0.2) is 34.6 Å². The average Bonchev–Trinajstić information content (AvgIpc) is 2.66. The smallest absolute Gasteiger partial charge is 0.229 e. The quantitative estimate of drug-likeness (QED) is 0.604. The molecule has 3 heteroatoms. The molecule has 15 heavy (non-hydrogen) atoms. The molecule has 3 heterocycles. The lowest BCUT2D eigenvalue weighted by atomic mass is 9.82. The molecule has 3 saturated heterocycles. The number of nitrogens with zero attached hydrogens (tertiary/aromatic N) is 1. The summed E-state index contributed by atoms with van der Waals surface area (Å²) >= 11 is 0. The molecule has 3 rings (SSSR count). The molecule has 0 aromatic carbocycles. The summed E-state index contributed by atoms with van der Waals surface area (Å²) in [6.07, 6.45) is 1.48. The number of hydrogen-bond donors (Lipinski definition) is 0. The van der Waals surface area contributed by atoms with E-state index in [1.165, 1.54) is 0 Å². The van der Waals surface area contributed by atoms with E-state index in [4.69, 9.17) is 4.74 Å². The Morgan fingerprint density at radius 2 is 2.07 bits per heavy atom. The monoisotopic (exact) mass is 209 g/mol. The van der Waals surface area contributed by atoms with E-state index in [-0.39, 0.29) is 17.6 Å². The van der Waals surface area contributed by atoms with Crippen LogP contribution in [0.4, 0.5) is 0 Å². The van der Waals surface area contributed by atoms with Gasteiger partial charge in [0.15, 0.2) is 0 Å². The molecule has 1 amide bonds. The predicted octanol–water partition coefficient (Wildman–Crippen LogP) is 1.42. The molecular formula is C12H19NO2. The van der Waals surface area contributed by atoms with Gasteiger partial charge in [0.1, 0.15) is 0 Å². The normalized spacial score (nSPS) is 48.1. The first-order valence-corrected chi connectivity index (χ1v) is 5.90. The van der Waals surface area contributed by atoms with E-state index in [2.05, 4.69) is 32.6 Å². The van der Waals surface area contributed by atoms with Gasteiger partial charge < -0.3 is 9.64 Å². The minimum absolute atomic E-state index is 0.0639. The Bertz CT molecular complexity index is 320. The summed E-state index contributed by atoms with van der Waals surface area (Å²) in [6.45, 7) is 8.59. The third-order valence-corrected chi connectivity index (χ3v) is 4.25. The number of hydrogen-bond acceptors (Lipinski definition) is 2. The summed E-state index contributed by atoms with van der Waals surface area (Å²) < 4.78 is 5.90. The molecular weight excluding hydrogens is 190 g/mol. The second-order valence-electron chi connectivity index (χ2n) is 6.21. The standard InChI is InChI=1S/C12H19NO2/c1-6-8-5-7-10(15-8)9(6)13(11(7)14)12(2,3)4/h6-10H,5H2,1-4H3. The van der Waals surface area contributed by atoms with Crippen LogP contribution in [-0.2, 0) is 9.53 Å². The number of fused-ring (bicyclic) bond motifs is 1. The fraction of sp³-hybridized carbons (Fsp3) is 0.917. The van der Waals surface area contributed by atoms with Crippen molar-refractivity contribution >= 4 is 5.91 Å². The van der Waals surface area contributed by atoms with E-state index in [9.17, 15) is 4.79 Å². The van der Waals surface area contributed by atoms with E-state index in [0.29, 0.717) is 24.0 Å². The highest BCUT2D eigenvalue weighted by atomic mass is 16.5. The SMILES string of the molecule is CC1C2CC3C(=O)N(C(C)(C)C)C1C3O2. The maximum atomic E-state index is 12.3. The van der Waals surface area contributed by atoms with Gasteiger partial charge in [0.2, 0.25) is 5.91 Å². The molecule has 2 bridgehead atoms. The predicted molar refractivity (Wildman–Crippen MR) is 56.3 cm³/mol. The average molecular weight is 209 g/mol. The zero-order chi connectivity index (χ0) is 11.0. The zero-order valence-corrected chi connectivity index (χ0v) is 9.86. The molecule has 5 atom stereocenters. The molecule has 84 valence electrons. The Hall–Kier alpha value is -0.570. The highest BCUT2D eigenvalue weighted by Gasteiger charge is 2.64. The van der Waals surface area contributed by atoms with E-state index >= 15 is 0 Å². The lowest BCUT2D eigenvalue weighted by molar-refractivity contribution is -0.136. The largest absolute Gasteiger partial charge is 0.372 e. The molecule has 0 aliphatic carbocycles. The summed E-state index contributed by atoms with van der Waals surface area (Å²) in [5, 5.41) is 0. The molecule has 0 radical (unpaired) electrons.